The molecule has 12 heavy (non-hydrogen) atoms. The van der Waals surface area contributed by atoms with Crippen LogP contribution in [0.1, 0.15) is 20.3 Å². The molecule has 0 heterocycles. The van der Waals surface area contributed by atoms with Crippen LogP contribution in [-0.4, -0.2) is 47.4 Å². The quantitative estimate of drug-likeness (QED) is 0.647. The topological polar surface area (TPSA) is 43.7 Å². The van der Waals surface area contributed by atoms with E-state index >= 15 is 0 Å². The number of hydrogen-bond acceptors (Lipinski definition) is 3. The summed E-state index contributed by atoms with van der Waals surface area (Å²) in [5.41, 5.74) is 0. The second-order valence-corrected chi connectivity index (χ2v) is 4.35. The highest BCUT2D eigenvalue weighted by atomic mass is 35.5. The lowest BCUT2D eigenvalue weighted by Crippen LogP contribution is -2.21. The third kappa shape index (κ3) is 32.0. The van der Waals surface area contributed by atoms with E-state index in [1.165, 1.54) is 6.92 Å². The molecule has 2 N–H and O–H groups in total. The fourth-order valence-electron chi connectivity index (χ4n) is 0.539. The maximum atomic E-state index is 8.79. The molecule has 0 aromatic rings. The third-order valence-electron chi connectivity index (χ3n) is 0.668. The Bertz CT molecular complexity index is 97.0. The van der Waals surface area contributed by atoms with E-state index < -0.39 is 11.2 Å². The van der Waals surface area contributed by atoms with Crippen LogP contribution >= 0.6 is 11.6 Å². The van der Waals surface area contributed by atoms with E-state index in [1.54, 1.807) is 6.92 Å². The van der Waals surface area contributed by atoms with Crippen molar-refractivity contribution in [2.24, 2.45) is 0 Å². The molecule has 0 aliphatic heterocycles. The highest BCUT2D eigenvalue weighted by molar-refractivity contribution is 6.22. The van der Waals surface area contributed by atoms with Crippen molar-refractivity contribution in [3.05, 3.63) is 0 Å². The minimum Gasteiger partial charge on any atom is -0.393 e. The van der Waals surface area contributed by atoms with Gasteiger partial charge in [0.05, 0.1) is 6.10 Å². The maximum Gasteiger partial charge on any atom is 0.138 e. The zero-order valence-corrected chi connectivity index (χ0v) is 9.26. The van der Waals surface area contributed by atoms with Gasteiger partial charge >= 0.3 is 0 Å². The van der Waals surface area contributed by atoms with Gasteiger partial charge in [-0.25, -0.2) is 0 Å². The van der Waals surface area contributed by atoms with Gasteiger partial charge in [-0.15, -0.1) is 0 Å². The number of hydrogen-bond donors (Lipinski definition) is 2. The third-order valence-corrected chi connectivity index (χ3v) is 0.822. The van der Waals surface area contributed by atoms with Gasteiger partial charge in [0.15, 0.2) is 0 Å². The minimum absolute atomic E-state index is 0.203. The first-order valence-corrected chi connectivity index (χ1v) is 4.23. The molecule has 0 fully saturated rings. The Kier molecular flexibility index (Phi) is 8.15. The molecule has 0 amide bonds. The lowest BCUT2D eigenvalue weighted by atomic mass is 10.2. The molecule has 0 bridgehead atoms. The SMILES string of the molecule is CC(O)CC(C)(O)Cl.CN(C)C. The van der Waals surface area contributed by atoms with E-state index in [0.717, 1.165) is 0 Å². The zero-order valence-electron chi connectivity index (χ0n) is 8.50. The van der Waals surface area contributed by atoms with Crippen LogP contribution in [0.15, 0.2) is 0 Å². The molecule has 0 aliphatic carbocycles. The average molecular weight is 198 g/mol. The molecule has 0 aromatic heterocycles. The summed E-state index contributed by atoms with van der Waals surface area (Å²) in [5.74, 6) is 0. The summed E-state index contributed by atoms with van der Waals surface area (Å²) in [7, 11) is 6.00. The van der Waals surface area contributed by atoms with Crippen LogP contribution in [-0.2, 0) is 0 Å². The van der Waals surface area contributed by atoms with E-state index in [4.69, 9.17) is 21.8 Å². The highest BCUT2D eigenvalue weighted by Crippen LogP contribution is 2.15. The second kappa shape index (κ2) is 6.66. The van der Waals surface area contributed by atoms with Crippen molar-refractivity contribution in [3.8, 4) is 0 Å². The number of halogens is 1. The fourth-order valence-corrected chi connectivity index (χ4v) is 0.762. The number of aliphatic hydroxyl groups is 2. The van der Waals surface area contributed by atoms with Crippen LogP contribution in [0, 0.1) is 0 Å². The van der Waals surface area contributed by atoms with Crippen molar-refractivity contribution in [3.63, 3.8) is 0 Å². The molecule has 0 aliphatic rings. The van der Waals surface area contributed by atoms with Gasteiger partial charge in [-0.3, -0.25) is 0 Å². The Balaban J connectivity index is 0. The summed E-state index contributed by atoms with van der Waals surface area (Å²) in [6.07, 6.45) is -0.336. The summed E-state index contributed by atoms with van der Waals surface area (Å²) < 4.78 is 0. The smallest absolute Gasteiger partial charge is 0.138 e. The lowest BCUT2D eigenvalue weighted by molar-refractivity contribution is 0.0733. The number of alkyl halides is 1. The Morgan fingerprint density at radius 2 is 1.67 bits per heavy atom. The molecule has 76 valence electrons. The molecule has 4 heteroatoms. The van der Waals surface area contributed by atoms with Crippen molar-refractivity contribution in [1.82, 2.24) is 4.90 Å². The van der Waals surface area contributed by atoms with E-state index in [9.17, 15) is 0 Å². The average Bonchev–Trinajstić information content (AvgIpc) is 1.52. The molecular formula is C8H20ClNO2. The second-order valence-electron chi connectivity index (χ2n) is 3.54. The van der Waals surface area contributed by atoms with Gasteiger partial charge < -0.3 is 15.1 Å². The predicted molar refractivity (Wildman–Crippen MR) is 52.4 cm³/mol. The highest BCUT2D eigenvalue weighted by Gasteiger charge is 2.17. The van der Waals surface area contributed by atoms with Gasteiger partial charge in [0.25, 0.3) is 0 Å². The molecule has 0 spiro atoms. The van der Waals surface area contributed by atoms with E-state index in [-0.39, 0.29) is 6.42 Å². The van der Waals surface area contributed by atoms with Crippen LogP contribution in [0.4, 0.5) is 0 Å². The monoisotopic (exact) mass is 197 g/mol. The van der Waals surface area contributed by atoms with E-state index in [1.807, 2.05) is 26.0 Å². The first-order valence-electron chi connectivity index (χ1n) is 3.85. The number of nitrogens with zero attached hydrogens (tertiary/aromatic N) is 1. The van der Waals surface area contributed by atoms with Crippen LogP contribution in [0.3, 0.4) is 0 Å². The van der Waals surface area contributed by atoms with Crippen LogP contribution in [0.2, 0.25) is 0 Å². The Hall–Kier alpha value is 0.170. The lowest BCUT2D eigenvalue weighted by Gasteiger charge is -2.15. The number of rotatable bonds is 2. The summed E-state index contributed by atoms with van der Waals surface area (Å²) in [6, 6.07) is 0. The van der Waals surface area contributed by atoms with Crippen molar-refractivity contribution < 1.29 is 10.2 Å². The summed E-state index contributed by atoms with van der Waals surface area (Å²) in [6.45, 7) is 3.03. The molecule has 0 aromatic carbocycles. The molecule has 0 saturated carbocycles. The molecule has 3 nitrogen and oxygen atoms in total. The van der Waals surface area contributed by atoms with Crippen LogP contribution < -0.4 is 0 Å². The predicted octanol–water partition coefficient (Wildman–Crippen LogP) is 0.882. The summed E-state index contributed by atoms with van der Waals surface area (Å²) in [5, 5.41) is 16.2. The normalized spacial score (nSPS) is 17.8. The Morgan fingerprint density at radius 3 is 1.67 bits per heavy atom. The molecule has 2 atom stereocenters. The van der Waals surface area contributed by atoms with Gasteiger partial charge in [0.1, 0.15) is 5.06 Å². The Morgan fingerprint density at radius 1 is 1.42 bits per heavy atom. The van der Waals surface area contributed by atoms with Crippen LogP contribution in [0.25, 0.3) is 0 Å². The molecule has 0 radical (unpaired) electrons. The zero-order chi connectivity index (χ0) is 10.4. The van der Waals surface area contributed by atoms with Gasteiger partial charge in [-0.05, 0) is 35.0 Å². The first-order chi connectivity index (χ1) is 5.15. The van der Waals surface area contributed by atoms with E-state index in [0.29, 0.717) is 0 Å². The van der Waals surface area contributed by atoms with Crippen LogP contribution in [0.5, 0.6) is 0 Å². The molecule has 0 rings (SSSR count). The summed E-state index contributed by atoms with van der Waals surface area (Å²) in [4.78, 5) is 2.00. The first kappa shape index (κ1) is 14.7. The largest absolute Gasteiger partial charge is 0.393 e. The van der Waals surface area contributed by atoms with Crippen molar-refractivity contribution in [2.45, 2.75) is 31.4 Å². The molecule has 2 unspecified atom stereocenters. The molecule has 0 saturated heterocycles. The van der Waals surface area contributed by atoms with Gasteiger partial charge in [0.2, 0.25) is 0 Å². The fraction of sp³-hybridized carbons (Fsp3) is 1.00. The summed E-state index contributed by atoms with van der Waals surface area (Å²) >= 11 is 5.32. The van der Waals surface area contributed by atoms with Gasteiger partial charge in [-0.2, -0.15) is 0 Å². The van der Waals surface area contributed by atoms with Gasteiger partial charge in [-0.1, -0.05) is 11.6 Å². The standard InChI is InChI=1S/C5H11ClO2.C3H9N/c1-4(7)3-5(2,6)8;1-4(2)3/h4,7-8H,3H2,1-2H3;1-3H3. The van der Waals surface area contributed by atoms with Crippen molar-refractivity contribution in [2.75, 3.05) is 21.1 Å². The number of aliphatic hydroxyl groups excluding tert-OH is 1. The van der Waals surface area contributed by atoms with Crippen molar-refractivity contribution >= 4 is 11.6 Å². The maximum absolute atomic E-state index is 8.79. The van der Waals surface area contributed by atoms with Crippen molar-refractivity contribution in [1.29, 1.82) is 0 Å². The minimum atomic E-state index is -1.26. The molecular weight excluding hydrogens is 178 g/mol. The van der Waals surface area contributed by atoms with E-state index in [2.05, 4.69) is 0 Å². The Labute approximate surface area is 80.0 Å². The van der Waals surface area contributed by atoms with Gasteiger partial charge in [0, 0.05) is 6.42 Å².